The zero-order chi connectivity index (χ0) is 15.5. The monoisotopic (exact) mass is 319 g/mol. The van der Waals surface area contributed by atoms with Crippen LogP contribution in [-0.2, 0) is 24.1 Å². The van der Waals surface area contributed by atoms with E-state index in [1.165, 1.54) is 0 Å². The Morgan fingerprint density at radius 1 is 1.33 bits per heavy atom. The summed E-state index contributed by atoms with van der Waals surface area (Å²) in [6, 6.07) is 0. The van der Waals surface area contributed by atoms with Crippen molar-refractivity contribution in [1.29, 1.82) is 0 Å². The van der Waals surface area contributed by atoms with E-state index in [4.69, 9.17) is 9.47 Å². The van der Waals surface area contributed by atoms with E-state index in [0.717, 1.165) is 32.1 Å². The highest BCUT2D eigenvalue weighted by atomic mass is 32.2. The van der Waals surface area contributed by atoms with E-state index in [0.29, 0.717) is 32.2 Å². The predicted octanol–water partition coefficient (Wildman–Crippen LogP) is 0.323. The standard InChI is InChI=1S/C14H25NO5S/c1-19-9-12-10-20-8-5-14(12)3-6-15(7-4-14)13(16)11-21(2,17)18/h12H,3-11H2,1-2H3. The third kappa shape index (κ3) is 4.17. The molecule has 1 amide bonds. The van der Waals surface area contributed by atoms with Gasteiger partial charge in [-0.15, -0.1) is 0 Å². The maximum absolute atomic E-state index is 12.0. The number of carbonyl (C=O) groups excluding carboxylic acids is 1. The van der Waals surface area contributed by atoms with Crippen molar-refractivity contribution < 1.29 is 22.7 Å². The van der Waals surface area contributed by atoms with Crippen molar-refractivity contribution in [3.05, 3.63) is 0 Å². The van der Waals surface area contributed by atoms with Crippen LogP contribution in [0.3, 0.4) is 0 Å². The first-order chi connectivity index (χ1) is 9.86. The van der Waals surface area contributed by atoms with Crippen molar-refractivity contribution in [2.75, 3.05) is 52.0 Å². The summed E-state index contributed by atoms with van der Waals surface area (Å²) < 4.78 is 33.3. The number of piperidine rings is 1. The lowest BCUT2D eigenvalue weighted by atomic mass is 9.66. The molecule has 1 atom stereocenters. The number of methoxy groups -OCH3 is 1. The molecule has 7 heteroatoms. The van der Waals surface area contributed by atoms with Gasteiger partial charge in [0.1, 0.15) is 5.75 Å². The number of likely N-dealkylation sites (tertiary alicyclic amines) is 1. The van der Waals surface area contributed by atoms with Crippen molar-refractivity contribution in [2.45, 2.75) is 19.3 Å². The largest absolute Gasteiger partial charge is 0.384 e. The van der Waals surface area contributed by atoms with Gasteiger partial charge in [0.25, 0.3) is 0 Å². The molecule has 2 aliphatic rings. The van der Waals surface area contributed by atoms with Crippen molar-refractivity contribution in [2.24, 2.45) is 11.3 Å². The first kappa shape index (κ1) is 16.7. The van der Waals surface area contributed by atoms with Gasteiger partial charge < -0.3 is 14.4 Å². The van der Waals surface area contributed by atoms with Crippen molar-refractivity contribution in [3.8, 4) is 0 Å². The van der Waals surface area contributed by atoms with E-state index in [9.17, 15) is 13.2 Å². The first-order valence-corrected chi connectivity index (χ1v) is 9.44. The van der Waals surface area contributed by atoms with Crippen molar-refractivity contribution in [3.63, 3.8) is 0 Å². The second-order valence-corrected chi connectivity index (χ2v) is 8.43. The minimum absolute atomic E-state index is 0.177. The Bertz CT molecular complexity index is 466. The third-order valence-electron chi connectivity index (χ3n) is 4.79. The van der Waals surface area contributed by atoms with Gasteiger partial charge in [-0.1, -0.05) is 0 Å². The molecule has 0 radical (unpaired) electrons. The molecule has 6 nitrogen and oxygen atoms in total. The second-order valence-electron chi connectivity index (χ2n) is 6.29. The molecule has 2 aliphatic heterocycles. The smallest absolute Gasteiger partial charge is 0.237 e. The summed E-state index contributed by atoms with van der Waals surface area (Å²) in [5.41, 5.74) is 0.177. The zero-order valence-electron chi connectivity index (χ0n) is 12.8. The zero-order valence-corrected chi connectivity index (χ0v) is 13.7. The number of nitrogens with zero attached hydrogens (tertiary/aromatic N) is 1. The van der Waals surface area contributed by atoms with Crippen molar-refractivity contribution in [1.82, 2.24) is 4.90 Å². The lowest BCUT2D eigenvalue weighted by molar-refractivity contribution is -0.135. The lowest BCUT2D eigenvalue weighted by Crippen LogP contribution is -2.51. The van der Waals surface area contributed by atoms with E-state index in [1.54, 1.807) is 12.0 Å². The molecule has 1 spiro atoms. The number of carbonyl (C=O) groups is 1. The fourth-order valence-electron chi connectivity index (χ4n) is 3.48. The van der Waals surface area contributed by atoms with Crippen LogP contribution in [0.25, 0.3) is 0 Å². The van der Waals surface area contributed by atoms with Crippen LogP contribution in [0.1, 0.15) is 19.3 Å². The number of rotatable bonds is 4. The van der Waals surface area contributed by atoms with Crippen LogP contribution in [0.5, 0.6) is 0 Å². The molecule has 2 rings (SSSR count). The number of hydrogen-bond acceptors (Lipinski definition) is 5. The maximum atomic E-state index is 12.0. The second kappa shape index (κ2) is 6.62. The van der Waals surface area contributed by atoms with E-state index in [-0.39, 0.29) is 17.1 Å². The Labute approximate surface area is 126 Å². The van der Waals surface area contributed by atoms with Crippen LogP contribution in [0.2, 0.25) is 0 Å². The Morgan fingerprint density at radius 3 is 2.57 bits per heavy atom. The minimum atomic E-state index is -3.26. The highest BCUT2D eigenvalue weighted by Gasteiger charge is 2.44. The van der Waals surface area contributed by atoms with Gasteiger partial charge in [0, 0.05) is 39.0 Å². The summed E-state index contributed by atoms with van der Waals surface area (Å²) in [5, 5.41) is 0. The molecule has 0 aromatic heterocycles. The predicted molar refractivity (Wildman–Crippen MR) is 78.8 cm³/mol. The highest BCUT2D eigenvalue weighted by Crippen LogP contribution is 2.44. The molecule has 1 unspecified atom stereocenters. The SMILES string of the molecule is COCC1COCCC12CCN(C(=O)CS(C)(=O)=O)CC2. The summed E-state index contributed by atoms with van der Waals surface area (Å²) in [5.74, 6) is -0.295. The Hall–Kier alpha value is -0.660. The van der Waals surface area contributed by atoms with Crippen LogP contribution in [0, 0.1) is 11.3 Å². The van der Waals surface area contributed by atoms with Crippen LogP contribution >= 0.6 is 0 Å². The molecule has 21 heavy (non-hydrogen) atoms. The number of ether oxygens (including phenoxy) is 2. The average Bonchev–Trinajstić information content (AvgIpc) is 2.41. The summed E-state index contributed by atoms with van der Waals surface area (Å²) in [4.78, 5) is 13.7. The Balaban J connectivity index is 1.96. The average molecular weight is 319 g/mol. The van der Waals surface area contributed by atoms with Gasteiger partial charge in [-0.05, 0) is 24.7 Å². The fourth-order valence-corrected chi connectivity index (χ4v) is 4.11. The first-order valence-electron chi connectivity index (χ1n) is 7.38. The lowest BCUT2D eigenvalue weighted by Gasteiger charge is -2.48. The molecule has 0 aromatic rings. The van der Waals surface area contributed by atoms with Gasteiger partial charge >= 0.3 is 0 Å². The summed E-state index contributed by atoms with van der Waals surface area (Å²) >= 11 is 0. The normalized spacial score (nSPS) is 26.0. The van der Waals surface area contributed by atoms with Crippen LogP contribution < -0.4 is 0 Å². The molecule has 2 saturated heterocycles. The van der Waals surface area contributed by atoms with E-state index < -0.39 is 9.84 Å². The molecule has 0 aromatic carbocycles. The molecular weight excluding hydrogens is 294 g/mol. The molecule has 0 saturated carbocycles. The van der Waals surface area contributed by atoms with Crippen molar-refractivity contribution >= 4 is 15.7 Å². The summed E-state index contributed by atoms with van der Waals surface area (Å²) in [6.07, 6.45) is 3.90. The number of hydrogen-bond donors (Lipinski definition) is 0. The molecule has 0 N–H and O–H groups in total. The van der Waals surface area contributed by atoms with Gasteiger partial charge in [0.2, 0.25) is 5.91 Å². The highest BCUT2D eigenvalue weighted by molar-refractivity contribution is 7.91. The van der Waals surface area contributed by atoms with Gasteiger partial charge in [0.05, 0.1) is 13.2 Å². The van der Waals surface area contributed by atoms with E-state index in [2.05, 4.69) is 0 Å². The summed E-state index contributed by atoms with van der Waals surface area (Å²) in [7, 11) is -1.56. The minimum Gasteiger partial charge on any atom is -0.384 e. The maximum Gasteiger partial charge on any atom is 0.237 e. The van der Waals surface area contributed by atoms with Crippen LogP contribution in [-0.4, -0.2) is 71.3 Å². The summed E-state index contributed by atoms with van der Waals surface area (Å²) in [6.45, 7) is 3.42. The quantitative estimate of drug-likeness (QED) is 0.746. The fraction of sp³-hybridized carbons (Fsp3) is 0.929. The molecule has 0 aliphatic carbocycles. The van der Waals surface area contributed by atoms with Gasteiger partial charge in [-0.2, -0.15) is 0 Å². The number of sulfone groups is 1. The van der Waals surface area contributed by atoms with Gasteiger partial charge in [-0.3, -0.25) is 4.79 Å². The van der Waals surface area contributed by atoms with Gasteiger partial charge in [0.15, 0.2) is 9.84 Å². The molecule has 2 heterocycles. The Morgan fingerprint density at radius 2 is 2.00 bits per heavy atom. The molecule has 0 bridgehead atoms. The van der Waals surface area contributed by atoms with Crippen LogP contribution in [0.4, 0.5) is 0 Å². The molecule has 122 valence electrons. The van der Waals surface area contributed by atoms with Gasteiger partial charge in [-0.25, -0.2) is 8.42 Å². The number of amides is 1. The third-order valence-corrected chi connectivity index (χ3v) is 5.57. The van der Waals surface area contributed by atoms with E-state index in [1.807, 2.05) is 0 Å². The van der Waals surface area contributed by atoms with E-state index >= 15 is 0 Å². The molecule has 2 fully saturated rings. The molecular formula is C14H25NO5S. The Kier molecular flexibility index (Phi) is 5.27. The van der Waals surface area contributed by atoms with Crippen LogP contribution in [0.15, 0.2) is 0 Å². The topological polar surface area (TPSA) is 72.9 Å².